The average molecular weight is 438 g/mol. The number of nitrogens with zero attached hydrogens (tertiary/aromatic N) is 1. The fourth-order valence-corrected chi connectivity index (χ4v) is 6.04. The largest absolute Gasteiger partial charge is 0.413 e. The third-order valence-electron chi connectivity index (χ3n) is 5.20. The molecule has 0 N–H and O–H groups in total. The van der Waals surface area contributed by atoms with E-state index in [-0.39, 0.29) is 9.93 Å². The van der Waals surface area contributed by atoms with Crippen molar-refractivity contribution in [2.24, 2.45) is 3.77 Å². The maximum Gasteiger partial charge on any atom is 0.288 e. The van der Waals surface area contributed by atoms with E-state index in [1.54, 1.807) is 24.3 Å². The summed E-state index contributed by atoms with van der Waals surface area (Å²) in [7, 11) is -6.20. The van der Waals surface area contributed by atoms with Crippen molar-refractivity contribution in [1.29, 1.82) is 0 Å². The molecule has 0 saturated heterocycles. The Morgan fingerprint density at radius 2 is 1.54 bits per heavy atom. The molecular weight excluding hydrogens is 406 g/mol. The lowest BCUT2D eigenvalue weighted by atomic mass is 10.2. The Morgan fingerprint density at radius 1 is 1.00 bits per heavy atom. The van der Waals surface area contributed by atoms with Gasteiger partial charge in [-0.2, -0.15) is 8.42 Å². The number of rotatable bonds is 6. The van der Waals surface area contributed by atoms with Gasteiger partial charge >= 0.3 is 0 Å². The van der Waals surface area contributed by atoms with E-state index >= 15 is 0 Å². The van der Waals surface area contributed by atoms with E-state index in [1.807, 2.05) is 37.4 Å². The highest BCUT2D eigenvalue weighted by atomic mass is 32.3. The smallest absolute Gasteiger partial charge is 0.288 e. The lowest BCUT2D eigenvalue weighted by Crippen LogP contribution is -2.40. The highest BCUT2D eigenvalue weighted by Gasteiger charge is 2.36. The molecule has 0 amide bonds. The second-order valence-corrected chi connectivity index (χ2v) is 16.8. The first-order valence-corrected chi connectivity index (χ1v) is 15.2. The molecule has 0 radical (unpaired) electrons. The van der Waals surface area contributed by atoms with Gasteiger partial charge in [0.1, 0.15) is 0 Å². The highest BCUT2D eigenvalue weighted by molar-refractivity contribution is 7.99. The van der Waals surface area contributed by atoms with Crippen molar-refractivity contribution < 1.29 is 12.8 Å². The van der Waals surface area contributed by atoms with Crippen LogP contribution in [0.15, 0.2) is 62.1 Å². The van der Waals surface area contributed by atoms with Gasteiger partial charge in [-0.1, -0.05) is 61.3 Å². The van der Waals surface area contributed by atoms with Gasteiger partial charge in [-0.05, 0) is 61.1 Å². The quantitative estimate of drug-likeness (QED) is 0.545. The molecule has 0 spiro atoms. The number of aryl methyl sites for hydroxylation is 1. The number of hydrogen-bond donors (Lipinski definition) is 0. The molecule has 2 rings (SSSR count). The Morgan fingerprint density at radius 3 is 2.04 bits per heavy atom. The summed E-state index contributed by atoms with van der Waals surface area (Å²) < 4.78 is 35.4. The third kappa shape index (κ3) is 5.86. The molecule has 154 valence electrons. The van der Waals surface area contributed by atoms with Crippen LogP contribution >= 0.6 is 0 Å². The van der Waals surface area contributed by atoms with E-state index in [0.29, 0.717) is 6.61 Å². The SMILES string of the molecule is Cc1ccc(S(=O)(=O)N=[S@](C)c2ccc(CO[Si](C)(C)C(C)(C)C)cc2)cc1. The molecular formula is C21H31NO3S2Si. The maximum atomic E-state index is 12.5. The van der Waals surface area contributed by atoms with E-state index in [2.05, 4.69) is 37.6 Å². The number of hydrogen-bond acceptors (Lipinski definition) is 3. The molecule has 28 heavy (non-hydrogen) atoms. The minimum atomic E-state index is -3.66. The van der Waals surface area contributed by atoms with E-state index < -0.39 is 29.0 Å². The Hall–Kier alpha value is -1.28. The predicted molar refractivity (Wildman–Crippen MR) is 121 cm³/mol. The first-order chi connectivity index (χ1) is 12.8. The molecule has 0 unspecified atom stereocenters. The van der Waals surface area contributed by atoms with Crippen LogP contribution in [0.1, 0.15) is 31.9 Å². The maximum absolute atomic E-state index is 12.5. The Labute approximate surface area is 173 Å². The fraction of sp³-hybridized carbons (Fsp3) is 0.429. The van der Waals surface area contributed by atoms with Gasteiger partial charge in [0.2, 0.25) is 0 Å². The van der Waals surface area contributed by atoms with Crippen LogP contribution in [0.25, 0.3) is 0 Å². The van der Waals surface area contributed by atoms with E-state index in [9.17, 15) is 8.42 Å². The van der Waals surface area contributed by atoms with Crippen molar-refractivity contribution in [3.05, 3.63) is 59.7 Å². The Balaban J connectivity index is 2.14. The summed E-state index contributed by atoms with van der Waals surface area (Å²) in [6, 6.07) is 14.7. The van der Waals surface area contributed by atoms with Crippen molar-refractivity contribution in [3.63, 3.8) is 0 Å². The normalized spacial score (nSPS) is 14.2. The number of sulfonamides is 1. The first kappa shape index (κ1) is 23.0. The van der Waals surface area contributed by atoms with Gasteiger partial charge in [-0.3, -0.25) is 0 Å². The van der Waals surface area contributed by atoms with Crippen LogP contribution in [0.4, 0.5) is 0 Å². The van der Waals surface area contributed by atoms with Crippen LogP contribution in [-0.4, -0.2) is 23.0 Å². The fourth-order valence-electron chi connectivity index (χ4n) is 2.21. The lowest BCUT2D eigenvalue weighted by molar-refractivity contribution is 0.276. The van der Waals surface area contributed by atoms with E-state index in [1.165, 1.54) is 0 Å². The molecule has 7 heteroatoms. The Bertz CT molecular complexity index is 943. The average Bonchev–Trinajstić information content (AvgIpc) is 2.59. The summed E-state index contributed by atoms with van der Waals surface area (Å²) in [4.78, 5) is 1.13. The van der Waals surface area contributed by atoms with E-state index in [0.717, 1.165) is 16.0 Å². The summed E-state index contributed by atoms with van der Waals surface area (Å²) in [6.45, 7) is 13.6. The zero-order chi connectivity index (χ0) is 21.2. The highest BCUT2D eigenvalue weighted by Crippen LogP contribution is 2.37. The lowest BCUT2D eigenvalue weighted by Gasteiger charge is -2.36. The summed E-state index contributed by atoms with van der Waals surface area (Å²) in [5, 5.41) is 0.173. The standard InChI is InChI=1S/C21H31NO3S2Si/c1-17-8-14-20(15-9-17)27(23,24)22-26(5)19-12-10-18(11-13-19)16-25-28(6,7)21(2,3)4/h8-15H,16H2,1-7H3/t26-/m1/s1. The molecule has 0 saturated carbocycles. The van der Waals surface area contributed by atoms with Gasteiger partial charge in [-0.25, -0.2) is 0 Å². The van der Waals surface area contributed by atoms with Crippen LogP contribution in [0.5, 0.6) is 0 Å². The van der Waals surface area contributed by atoms with E-state index in [4.69, 9.17) is 4.43 Å². The Kier molecular flexibility index (Phi) is 7.07. The van der Waals surface area contributed by atoms with Gasteiger partial charge in [-0.15, -0.1) is 3.77 Å². The molecule has 0 fully saturated rings. The summed E-state index contributed by atoms with van der Waals surface area (Å²) in [5.74, 6) is 0. The topological polar surface area (TPSA) is 55.7 Å². The minimum Gasteiger partial charge on any atom is -0.413 e. The predicted octanol–water partition coefficient (Wildman–Crippen LogP) is 5.70. The van der Waals surface area contributed by atoms with Gasteiger partial charge in [0.25, 0.3) is 10.0 Å². The van der Waals surface area contributed by atoms with Crippen molar-refractivity contribution in [1.82, 2.24) is 0 Å². The van der Waals surface area contributed by atoms with Crippen molar-refractivity contribution in [3.8, 4) is 0 Å². The second kappa shape index (κ2) is 8.61. The van der Waals surface area contributed by atoms with Crippen molar-refractivity contribution in [2.45, 2.75) is 62.2 Å². The van der Waals surface area contributed by atoms with Crippen LogP contribution in [0.3, 0.4) is 0 Å². The zero-order valence-corrected chi connectivity index (χ0v) is 20.4. The molecule has 0 aliphatic heterocycles. The van der Waals surface area contributed by atoms with Crippen LogP contribution in [-0.2, 0) is 31.7 Å². The summed E-state index contributed by atoms with van der Waals surface area (Å²) in [6.07, 6.45) is 1.83. The minimum absolute atomic E-state index is 0.173. The van der Waals surface area contributed by atoms with Crippen molar-refractivity contribution in [2.75, 3.05) is 6.26 Å². The molecule has 2 aromatic rings. The molecule has 2 aromatic carbocycles. The van der Waals surface area contributed by atoms with Gasteiger partial charge < -0.3 is 4.43 Å². The summed E-state index contributed by atoms with van der Waals surface area (Å²) in [5.41, 5.74) is 2.11. The van der Waals surface area contributed by atoms with Gasteiger partial charge in [0.05, 0.1) is 11.5 Å². The van der Waals surface area contributed by atoms with Gasteiger partial charge in [0, 0.05) is 4.90 Å². The van der Waals surface area contributed by atoms with Crippen LogP contribution < -0.4 is 0 Å². The van der Waals surface area contributed by atoms with Crippen LogP contribution in [0.2, 0.25) is 18.1 Å². The molecule has 0 aromatic heterocycles. The monoisotopic (exact) mass is 437 g/mol. The second-order valence-electron chi connectivity index (χ2n) is 8.53. The molecule has 0 aliphatic rings. The molecule has 0 heterocycles. The molecule has 0 bridgehead atoms. The molecule has 0 aliphatic carbocycles. The number of benzene rings is 2. The summed E-state index contributed by atoms with van der Waals surface area (Å²) >= 11 is 0. The molecule has 4 nitrogen and oxygen atoms in total. The molecule has 1 atom stereocenters. The van der Waals surface area contributed by atoms with Gasteiger partial charge in [0.15, 0.2) is 8.32 Å². The van der Waals surface area contributed by atoms with Crippen LogP contribution in [0, 0.1) is 6.92 Å². The first-order valence-electron chi connectivity index (χ1n) is 9.25. The zero-order valence-electron chi connectivity index (χ0n) is 17.8. The third-order valence-corrected chi connectivity index (χ3v) is 13.2. The van der Waals surface area contributed by atoms with Crippen molar-refractivity contribution >= 4 is 29.0 Å².